The van der Waals surface area contributed by atoms with E-state index in [0.717, 1.165) is 0 Å². The molecule has 0 aliphatic carbocycles. The van der Waals surface area contributed by atoms with Gasteiger partial charge in [0.15, 0.2) is 0 Å². The molecule has 0 heterocycles. The first-order valence-electron chi connectivity index (χ1n) is 8.19. The average molecular weight is 376 g/mol. The van der Waals surface area contributed by atoms with Gasteiger partial charge in [0, 0.05) is 0 Å². The first kappa shape index (κ1) is 23.8. The molecular weight excluding hydrogens is 348 g/mol. The average Bonchev–Trinajstić information content (AvgIpc) is 2.59. The van der Waals surface area contributed by atoms with Gasteiger partial charge in [-0.2, -0.15) is 0 Å². The lowest BCUT2D eigenvalue weighted by atomic mass is 9.98. The first-order valence-corrected chi connectivity index (χ1v) is 8.19. The van der Waals surface area contributed by atoms with Gasteiger partial charge in [-0.15, -0.1) is 0 Å². The Labute approximate surface area is 151 Å². The number of carboxylic acid groups (broad SMARTS) is 1. The standard InChI is InChI=1S/C15H28N4O7/c1-4-7(2)11(16)14(25)19-12(8(3)21)15(26)18-9(6-20)13(24)17-5-10(22)23/h7-9,11-12,20-21H,4-6,16H2,1-3H3,(H,17,24)(H,18,26)(H,19,25)(H,22,23). The highest BCUT2D eigenvalue weighted by Crippen LogP contribution is 2.06. The Bertz CT molecular complexity index is 512. The molecule has 5 atom stereocenters. The molecule has 0 saturated heterocycles. The van der Waals surface area contributed by atoms with Crippen molar-refractivity contribution in [2.24, 2.45) is 11.7 Å². The Hall–Kier alpha value is -2.24. The van der Waals surface area contributed by atoms with Crippen LogP contribution < -0.4 is 21.7 Å². The van der Waals surface area contributed by atoms with E-state index in [1.54, 1.807) is 6.92 Å². The molecule has 0 bridgehead atoms. The minimum absolute atomic E-state index is 0.153. The van der Waals surface area contributed by atoms with Crippen molar-refractivity contribution < 1.29 is 34.5 Å². The van der Waals surface area contributed by atoms with Crippen molar-refractivity contribution in [2.75, 3.05) is 13.2 Å². The lowest BCUT2D eigenvalue weighted by molar-refractivity contribution is -0.139. The summed E-state index contributed by atoms with van der Waals surface area (Å²) < 4.78 is 0. The second-order valence-electron chi connectivity index (χ2n) is 5.99. The molecule has 5 unspecified atom stereocenters. The predicted octanol–water partition coefficient (Wildman–Crippen LogP) is -3.10. The highest BCUT2D eigenvalue weighted by Gasteiger charge is 2.31. The van der Waals surface area contributed by atoms with Crippen molar-refractivity contribution in [3.8, 4) is 0 Å². The number of hydrogen-bond acceptors (Lipinski definition) is 7. The highest BCUT2D eigenvalue weighted by atomic mass is 16.4. The number of aliphatic hydroxyl groups excluding tert-OH is 2. The monoisotopic (exact) mass is 376 g/mol. The summed E-state index contributed by atoms with van der Waals surface area (Å²) >= 11 is 0. The second-order valence-corrected chi connectivity index (χ2v) is 5.99. The van der Waals surface area contributed by atoms with Gasteiger partial charge in [0.25, 0.3) is 0 Å². The van der Waals surface area contributed by atoms with Gasteiger partial charge >= 0.3 is 5.97 Å². The summed E-state index contributed by atoms with van der Waals surface area (Å²) in [4.78, 5) is 46.6. The van der Waals surface area contributed by atoms with Crippen molar-refractivity contribution >= 4 is 23.7 Å². The number of carbonyl (C=O) groups is 4. The normalized spacial score (nSPS) is 16.5. The van der Waals surface area contributed by atoms with Crippen LogP contribution in [-0.4, -0.2) is 76.4 Å². The van der Waals surface area contributed by atoms with E-state index in [9.17, 15) is 29.4 Å². The van der Waals surface area contributed by atoms with E-state index in [-0.39, 0.29) is 5.92 Å². The van der Waals surface area contributed by atoms with E-state index >= 15 is 0 Å². The Morgan fingerprint density at radius 1 is 1.04 bits per heavy atom. The third-order valence-electron chi connectivity index (χ3n) is 3.85. The maximum Gasteiger partial charge on any atom is 0.322 e. The van der Waals surface area contributed by atoms with Crippen molar-refractivity contribution in [3.05, 3.63) is 0 Å². The number of carboxylic acids is 1. The maximum absolute atomic E-state index is 12.3. The Morgan fingerprint density at radius 3 is 2.04 bits per heavy atom. The molecule has 8 N–H and O–H groups in total. The molecule has 11 nitrogen and oxygen atoms in total. The molecule has 0 radical (unpaired) electrons. The minimum atomic E-state index is -1.44. The highest BCUT2D eigenvalue weighted by molar-refractivity contribution is 5.94. The van der Waals surface area contributed by atoms with Gasteiger partial charge < -0.3 is 37.0 Å². The van der Waals surface area contributed by atoms with E-state index < -0.39 is 61.1 Å². The SMILES string of the molecule is CCC(C)C(N)C(=O)NC(C(=O)NC(CO)C(=O)NCC(=O)O)C(C)O. The number of rotatable bonds is 11. The van der Waals surface area contributed by atoms with Crippen LogP contribution in [0.1, 0.15) is 27.2 Å². The molecule has 0 fully saturated rings. The molecule has 0 aromatic rings. The molecule has 0 aliphatic heterocycles. The zero-order chi connectivity index (χ0) is 20.4. The number of nitrogens with two attached hydrogens (primary N) is 1. The molecule has 11 heteroatoms. The molecule has 0 aromatic heterocycles. The maximum atomic E-state index is 12.3. The summed E-state index contributed by atoms with van der Waals surface area (Å²) in [6.07, 6.45) is -0.666. The van der Waals surface area contributed by atoms with Crippen LogP contribution >= 0.6 is 0 Å². The third kappa shape index (κ3) is 7.76. The van der Waals surface area contributed by atoms with E-state index in [2.05, 4.69) is 10.6 Å². The van der Waals surface area contributed by atoms with Gasteiger partial charge in [0.1, 0.15) is 18.6 Å². The summed E-state index contributed by atoms with van der Waals surface area (Å²) in [5.41, 5.74) is 5.78. The van der Waals surface area contributed by atoms with Gasteiger partial charge in [-0.3, -0.25) is 19.2 Å². The Kier molecular flexibility index (Phi) is 10.4. The number of carbonyl (C=O) groups excluding carboxylic acids is 3. The van der Waals surface area contributed by atoms with E-state index in [1.807, 2.05) is 12.2 Å². The summed E-state index contributed by atoms with van der Waals surface area (Å²) in [5.74, 6) is -3.94. The number of aliphatic hydroxyl groups is 2. The van der Waals surface area contributed by atoms with E-state index in [0.29, 0.717) is 6.42 Å². The minimum Gasteiger partial charge on any atom is -0.480 e. The van der Waals surface area contributed by atoms with Crippen molar-refractivity contribution in [1.82, 2.24) is 16.0 Å². The summed E-state index contributed by atoms with van der Waals surface area (Å²) in [5, 5.41) is 34.0. The summed E-state index contributed by atoms with van der Waals surface area (Å²) in [7, 11) is 0. The molecular formula is C15H28N4O7. The number of hydrogen-bond donors (Lipinski definition) is 7. The van der Waals surface area contributed by atoms with E-state index in [1.165, 1.54) is 6.92 Å². The molecule has 0 aliphatic rings. The Balaban J connectivity index is 4.97. The molecule has 150 valence electrons. The lowest BCUT2D eigenvalue weighted by Gasteiger charge is -2.26. The Morgan fingerprint density at radius 2 is 1.62 bits per heavy atom. The fourth-order valence-electron chi connectivity index (χ4n) is 1.91. The van der Waals surface area contributed by atoms with Crippen LogP contribution in [-0.2, 0) is 19.2 Å². The van der Waals surface area contributed by atoms with Crippen LogP contribution in [0.2, 0.25) is 0 Å². The van der Waals surface area contributed by atoms with Gasteiger partial charge in [-0.25, -0.2) is 0 Å². The lowest BCUT2D eigenvalue weighted by Crippen LogP contribution is -2.60. The van der Waals surface area contributed by atoms with Gasteiger partial charge in [-0.05, 0) is 12.8 Å². The zero-order valence-corrected chi connectivity index (χ0v) is 15.1. The second kappa shape index (κ2) is 11.4. The van der Waals surface area contributed by atoms with Crippen molar-refractivity contribution in [3.63, 3.8) is 0 Å². The number of amides is 3. The van der Waals surface area contributed by atoms with Gasteiger partial charge in [0.2, 0.25) is 17.7 Å². The molecule has 26 heavy (non-hydrogen) atoms. The number of aliphatic carboxylic acids is 1. The van der Waals surface area contributed by atoms with E-state index in [4.69, 9.17) is 10.8 Å². The zero-order valence-electron chi connectivity index (χ0n) is 15.1. The quantitative estimate of drug-likeness (QED) is 0.197. The smallest absolute Gasteiger partial charge is 0.322 e. The van der Waals surface area contributed by atoms with Gasteiger partial charge in [-0.1, -0.05) is 20.3 Å². The molecule has 0 spiro atoms. The molecule has 0 aromatic carbocycles. The first-order chi connectivity index (χ1) is 12.0. The van der Waals surface area contributed by atoms with Crippen LogP contribution in [0, 0.1) is 5.92 Å². The molecule has 0 rings (SSSR count). The largest absolute Gasteiger partial charge is 0.480 e. The summed E-state index contributed by atoms with van der Waals surface area (Å²) in [6.45, 7) is 3.38. The summed E-state index contributed by atoms with van der Waals surface area (Å²) in [6, 6.07) is -3.73. The van der Waals surface area contributed by atoms with Crippen LogP contribution in [0.4, 0.5) is 0 Å². The fraction of sp³-hybridized carbons (Fsp3) is 0.733. The van der Waals surface area contributed by atoms with Crippen LogP contribution in [0.25, 0.3) is 0 Å². The van der Waals surface area contributed by atoms with Crippen LogP contribution in [0.3, 0.4) is 0 Å². The fourth-order valence-corrected chi connectivity index (χ4v) is 1.91. The topological polar surface area (TPSA) is 191 Å². The van der Waals surface area contributed by atoms with Crippen molar-refractivity contribution in [2.45, 2.75) is 51.4 Å². The number of nitrogens with one attached hydrogen (secondary N) is 3. The van der Waals surface area contributed by atoms with Crippen LogP contribution in [0.5, 0.6) is 0 Å². The van der Waals surface area contributed by atoms with Crippen LogP contribution in [0.15, 0.2) is 0 Å². The molecule has 0 saturated carbocycles. The van der Waals surface area contributed by atoms with Crippen molar-refractivity contribution in [1.29, 1.82) is 0 Å². The predicted molar refractivity (Wildman–Crippen MR) is 90.7 cm³/mol. The third-order valence-corrected chi connectivity index (χ3v) is 3.85. The van der Waals surface area contributed by atoms with Gasteiger partial charge in [0.05, 0.1) is 18.8 Å². The molecule has 3 amide bonds.